The minimum atomic E-state index is -1.37. The smallest absolute Gasteiger partial charge is 0.408 e. The highest BCUT2D eigenvalue weighted by molar-refractivity contribution is 6.76. The average Bonchev–Trinajstić information content (AvgIpc) is 2.65. The second-order valence-electron chi connectivity index (χ2n) is 9.91. The molecule has 2 amide bonds. The van der Waals surface area contributed by atoms with Crippen molar-refractivity contribution >= 4 is 26.0 Å². The molecule has 0 radical (unpaired) electrons. The molecule has 0 saturated heterocycles. The van der Waals surface area contributed by atoms with Crippen LogP contribution >= 0.6 is 0 Å². The summed E-state index contributed by atoms with van der Waals surface area (Å²) in [4.78, 5) is 37.1. The highest BCUT2D eigenvalue weighted by Crippen LogP contribution is 2.09. The molecule has 8 nitrogen and oxygen atoms in total. The second-order valence-corrected chi connectivity index (χ2v) is 15.5. The lowest BCUT2D eigenvalue weighted by Crippen LogP contribution is -2.52. The Kier molecular flexibility index (Phi) is 10.9. The molecule has 180 valence electrons. The molecule has 0 fully saturated rings. The van der Waals surface area contributed by atoms with Crippen LogP contribution in [0.3, 0.4) is 0 Å². The molecule has 0 aromatic heterocycles. The third kappa shape index (κ3) is 12.5. The van der Waals surface area contributed by atoms with E-state index in [9.17, 15) is 14.4 Å². The van der Waals surface area contributed by atoms with Gasteiger partial charge in [-0.15, -0.1) is 0 Å². The van der Waals surface area contributed by atoms with Gasteiger partial charge in [-0.25, -0.2) is 9.59 Å². The lowest BCUT2D eigenvalue weighted by molar-refractivity contribution is -0.149. The largest absolute Gasteiger partial charge is 0.464 e. The van der Waals surface area contributed by atoms with Crippen molar-refractivity contribution in [2.45, 2.75) is 77.7 Å². The number of carbonyl (C=O) groups excluding carboxylic acids is 3. The quantitative estimate of drug-likeness (QED) is 0.382. The molecule has 2 atom stereocenters. The second kappa shape index (κ2) is 12.6. The van der Waals surface area contributed by atoms with Crippen LogP contribution in [0.5, 0.6) is 0 Å². The van der Waals surface area contributed by atoms with Crippen molar-refractivity contribution in [3.8, 4) is 0 Å². The Bertz CT molecular complexity index is 743. The third-order valence-corrected chi connectivity index (χ3v) is 5.92. The Labute approximate surface area is 192 Å². The van der Waals surface area contributed by atoms with E-state index in [4.69, 9.17) is 14.2 Å². The zero-order valence-corrected chi connectivity index (χ0v) is 21.3. The standard InChI is InChI=1S/C23H38N2O6Si/c1-17(24-22(28)31-23(2,3)4)20(26)25-19(21(27)30-13-14-32(5,6)7)16-29-15-18-11-9-8-10-12-18/h8-12,17,19H,13-16H2,1-7H3,(H,24,28)(H,25,26)/t17-,19?/m1/s1. The van der Waals surface area contributed by atoms with Crippen LogP contribution in [0.15, 0.2) is 30.3 Å². The van der Waals surface area contributed by atoms with Crippen LogP contribution in [0.4, 0.5) is 4.79 Å². The molecule has 1 rings (SSSR count). The molecule has 0 aliphatic heterocycles. The van der Waals surface area contributed by atoms with Crippen LogP contribution in [0.25, 0.3) is 0 Å². The first kappa shape index (κ1) is 27.6. The summed E-state index contributed by atoms with van der Waals surface area (Å²) in [6.45, 7) is 13.8. The Balaban J connectivity index is 2.69. The van der Waals surface area contributed by atoms with E-state index in [2.05, 4.69) is 30.3 Å². The van der Waals surface area contributed by atoms with Crippen molar-refractivity contribution in [2.24, 2.45) is 0 Å². The number of hydrogen-bond acceptors (Lipinski definition) is 6. The molecule has 0 spiro atoms. The van der Waals surface area contributed by atoms with Gasteiger partial charge in [-0.1, -0.05) is 50.0 Å². The number of alkyl carbamates (subject to hydrolysis) is 1. The Morgan fingerprint density at radius 1 is 1.03 bits per heavy atom. The first-order valence-electron chi connectivity index (χ1n) is 10.8. The molecule has 0 saturated carbocycles. The number of benzene rings is 1. The minimum absolute atomic E-state index is 0.0500. The van der Waals surface area contributed by atoms with Gasteiger partial charge >= 0.3 is 12.1 Å². The summed E-state index contributed by atoms with van der Waals surface area (Å²) in [5, 5.41) is 5.09. The SMILES string of the molecule is C[C@@H](NC(=O)OC(C)(C)C)C(=O)NC(COCc1ccccc1)C(=O)OCC[Si](C)(C)C. The van der Waals surface area contributed by atoms with E-state index in [1.165, 1.54) is 6.92 Å². The topological polar surface area (TPSA) is 103 Å². The molecule has 32 heavy (non-hydrogen) atoms. The summed E-state index contributed by atoms with van der Waals surface area (Å²) >= 11 is 0. The maximum Gasteiger partial charge on any atom is 0.408 e. The summed E-state index contributed by atoms with van der Waals surface area (Å²) in [5.41, 5.74) is 0.262. The lowest BCUT2D eigenvalue weighted by Gasteiger charge is -2.23. The van der Waals surface area contributed by atoms with E-state index in [-0.39, 0.29) is 6.61 Å². The van der Waals surface area contributed by atoms with E-state index in [1.807, 2.05) is 30.3 Å². The molecule has 1 aromatic carbocycles. The van der Waals surface area contributed by atoms with Gasteiger partial charge in [0.05, 0.1) is 19.8 Å². The van der Waals surface area contributed by atoms with Gasteiger partial charge < -0.3 is 24.8 Å². The van der Waals surface area contributed by atoms with Gasteiger partial charge in [0.1, 0.15) is 11.6 Å². The van der Waals surface area contributed by atoms with Crippen molar-refractivity contribution in [1.29, 1.82) is 0 Å². The molecular formula is C23H38N2O6Si. The molecule has 1 aromatic rings. The van der Waals surface area contributed by atoms with Crippen molar-refractivity contribution < 1.29 is 28.6 Å². The molecule has 0 aliphatic carbocycles. The molecule has 2 N–H and O–H groups in total. The molecule has 0 heterocycles. The third-order valence-electron chi connectivity index (χ3n) is 4.22. The van der Waals surface area contributed by atoms with Crippen LogP contribution < -0.4 is 10.6 Å². The molecule has 0 aliphatic rings. The highest BCUT2D eigenvalue weighted by atomic mass is 28.3. The molecule has 9 heteroatoms. The molecular weight excluding hydrogens is 428 g/mol. The molecule has 0 bridgehead atoms. The Morgan fingerprint density at radius 3 is 2.22 bits per heavy atom. The Hall–Kier alpha value is -2.39. The van der Waals surface area contributed by atoms with Gasteiger partial charge in [-0.2, -0.15) is 0 Å². The highest BCUT2D eigenvalue weighted by Gasteiger charge is 2.27. The Morgan fingerprint density at radius 2 is 1.66 bits per heavy atom. The zero-order chi connectivity index (χ0) is 24.4. The number of amides is 2. The fourth-order valence-electron chi connectivity index (χ4n) is 2.44. The number of rotatable bonds is 11. The van der Waals surface area contributed by atoms with Gasteiger partial charge in [0, 0.05) is 8.07 Å². The number of esters is 1. The fraction of sp³-hybridized carbons (Fsp3) is 0.609. The number of carbonyl (C=O) groups is 3. The summed E-state index contributed by atoms with van der Waals surface area (Å²) < 4.78 is 16.2. The first-order valence-corrected chi connectivity index (χ1v) is 14.6. The maximum atomic E-state index is 12.6. The monoisotopic (exact) mass is 466 g/mol. The van der Waals surface area contributed by atoms with Crippen molar-refractivity contribution in [3.05, 3.63) is 35.9 Å². The normalized spacial score (nSPS) is 13.6. The zero-order valence-electron chi connectivity index (χ0n) is 20.3. The van der Waals surface area contributed by atoms with Crippen LogP contribution in [0.2, 0.25) is 25.7 Å². The fourth-order valence-corrected chi connectivity index (χ4v) is 3.16. The maximum absolute atomic E-state index is 12.6. The number of hydrogen-bond donors (Lipinski definition) is 2. The van der Waals surface area contributed by atoms with Gasteiger partial charge in [0.2, 0.25) is 5.91 Å². The van der Waals surface area contributed by atoms with Gasteiger partial charge in [-0.05, 0) is 39.3 Å². The number of nitrogens with one attached hydrogen (secondary N) is 2. The van der Waals surface area contributed by atoms with E-state index in [1.54, 1.807) is 20.8 Å². The summed E-state index contributed by atoms with van der Waals surface area (Å²) in [7, 11) is -1.37. The van der Waals surface area contributed by atoms with Gasteiger partial charge in [-0.3, -0.25) is 4.79 Å². The van der Waals surface area contributed by atoms with Crippen molar-refractivity contribution in [3.63, 3.8) is 0 Å². The minimum Gasteiger partial charge on any atom is -0.464 e. The number of ether oxygens (including phenoxy) is 3. The van der Waals surface area contributed by atoms with Crippen LogP contribution in [0.1, 0.15) is 33.3 Å². The van der Waals surface area contributed by atoms with E-state index >= 15 is 0 Å². The van der Waals surface area contributed by atoms with Crippen LogP contribution in [-0.2, 0) is 30.4 Å². The predicted octanol–water partition coefficient (Wildman–Crippen LogP) is 3.48. The summed E-state index contributed by atoms with van der Waals surface area (Å²) in [5.74, 6) is -1.10. The van der Waals surface area contributed by atoms with Crippen molar-refractivity contribution in [2.75, 3.05) is 13.2 Å². The van der Waals surface area contributed by atoms with Gasteiger partial charge in [0.15, 0.2) is 6.04 Å². The van der Waals surface area contributed by atoms with Gasteiger partial charge in [0.25, 0.3) is 0 Å². The summed E-state index contributed by atoms with van der Waals surface area (Å²) in [6.07, 6.45) is -0.713. The van der Waals surface area contributed by atoms with E-state index in [0.29, 0.717) is 13.2 Å². The summed E-state index contributed by atoms with van der Waals surface area (Å²) in [6, 6.07) is 8.44. The van der Waals surface area contributed by atoms with Crippen LogP contribution in [-0.4, -0.2) is 56.9 Å². The van der Waals surface area contributed by atoms with E-state index < -0.39 is 43.7 Å². The lowest BCUT2D eigenvalue weighted by atomic mass is 10.2. The van der Waals surface area contributed by atoms with Crippen molar-refractivity contribution in [1.82, 2.24) is 10.6 Å². The average molecular weight is 467 g/mol. The predicted molar refractivity (Wildman–Crippen MR) is 126 cm³/mol. The van der Waals surface area contributed by atoms with Crippen LogP contribution in [0, 0.1) is 0 Å². The first-order chi connectivity index (χ1) is 14.8. The van der Waals surface area contributed by atoms with E-state index in [0.717, 1.165) is 11.6 Å². The molecule has 1 unspecified atom stereocenters.